The Morgan fingerprint density at radius 1 is 1.15 bits per heavy atom. The number of ketones is 1. The molecule has 0 bridgehead atoms. The number of amides is 1. The van der Waals surface area contributed by atoms with Gasteiger partial charge in [-0.3, -0.25) is 24.7 Å². The van der Waals surface area contributed by atoms with Gasteiger partial charge in [0.05, 0.1) is 23.6 Å². The Morgan fingerprint density at radius 3 is 2.64 bits per heavy atom. The summed E-state index contributed by atoms with van der Waals surface area (Å²) in [5.74, 6) is -1.65. The number of nitro groups is 1. The Labute approximate surface area is 188 Å². The van der Waals surface area contributed by atoms with Crippen molar-refractivity contribution < 1.29 is 24.4 Å². The van der Waals surface area contributed by atoms with E-state index < -0.39 is 28.4 Å². The van der Waals surface area contributed by atoms with Gasteiger partial charge >= 0.3 is 0 Å². The third-order valence-corrected chi connectivity index (χ3v) is 5.36. The third kappa shape index (κ3) is 4.16. The number of aliphatic hydroxyl groups is 1. The lowest BCUT2D eigenvalue weighted by atomic mass is 9.95. The van der Waals surface area contributed by atoms with Crippen molar-refractivity contribution in [3.63, 3.8) is 0 Å². The fraction of sp³-hybridized carbons (Fsp3) is 0.125. The Hall–Kier alpha value is -4.53. The van der Waals surface area contributed by atoms with Crippen LogP contribution in [0.3, 0.4) is 0 Å². The number of hydrogen-bond acceptors (Lipinski definition) is 7. The molecule has 1 unspecified atom stereocenters. The van der Waals surface area contributed by atoms with E-state index in [9.17, 15) is 24.8 Å². The highest BCUT2D eigenvalue weighted by molar-refractivity contribution is 6.46. The summed E-state index contributed by atoms with van der Waals surface area (Å²) in [5, 5.41) is 22.3. The molecular formula is C24H19N3O6. The molecule has 0 aliphatic carbocycles. The minimum atomic E-state index is -0.931. The fourth-order valence-electron chi connectivity index (χ4n) is 3.81. The first-order valence-electron chi connectivity index (χ1n) is 9.97. The van der Waals surface area contributed by atoms with E-state index in [1.54, 1.807) is 48.8 Å². The van der Waals surface area contributed by atoms with Crippen LogP contribution >= 0.6 is 0 Å². The van der Waals surface area contributed by atoms with Crippen LogP contribution in [0, 0.1) is 10.1 Å². The molecule has 1 N–H and O–H groups in total. The summed E-state index contributed by atoms with van der Waals surface area (Å²) in [6, 6.07) is 14.7. The molecule has 9 heteroatoms. The van der Waals surface area contributed by atoms with Crippen molar-refractivity contribution in [2.24, 2.45) is 0 Å². The van der Waals surface area contributed by atoms with Crippen molar-refractivity contribution in [1.29, 1.82) is 0 Å². The van der Waals surface area contributed by atoms with Gasteiger partial charge in [-0.15, -0.1) is 0 Å². The maximum Gasteiger partial charge on any atom is 0.295 e. The molecule has 1 atom stereocenters. The van der Waals surface area contributed by atoms with Gasteiger partial charge in [-0.2, -0.15) is 0 Å². The number of nitro benzene ring substituents is 1. The normalized spacial score (nSPS) is 17.2. The Morgan fingerprint density at radius 2 is 1.94 bits per heavy atom. The number of hydrogen-bond donors (Lipinski definition) is 1. The minimum absolute atomic E-state index is 0.0662. The molecule has 0 saturated carbocycles. The van der Waals surface area contributed by atoms with E-state index in [0.717, 1.165) is 6.07 Å². The SMILES string of the molecule is COc1cccc(C2/C(=C(/O)c3cccc([N+](=O)[O-])c3)C(=O)C(=O)N2Cc2cccnc2)c1. The second-order valence-electron chi connectivity index (χ2n) is 7.37. The molecule has 1 aliphatic rings. The standard InChI is InChI=1S/C24H19N3O6/c1-33-19-9-3-6-16(12-19)21-20(22(28)17-7-2-8-18(11-17)27(31)32)23(29)24(30)26(21)14-15-5-4-10-25-13-15/h2-13,21,28H,14H2,1H3/b22-20-. The summed E-state index contributed by atoms with van der Waals surface area (Å²) in [5.41, 5.74) is 0.905. The summed E-state index contributed by atoms with van der Waals surface area (Å²) in [6.45, 7) is 0.0754. The van der Waals surface area contributed by atoms with Crippen LogP contribution in [0.2, 0.25) is 0 Å². The predicted molar refractivity (Wildman–Crippen MR) is 118 cm³/mol. The molecule has 33 heavy (non-hydrogen) atoms. The number of benzene rings is 2. The number of aromatic nitrogens is 1. The molecule has 9 nitrogen and oxygen atoms in total. The van der Waals surface area contributed by atoms with Crippen molar-refractivity contribution in [1.82, 2.24) is 9.88 Å². The molecule has 3 aromatic rings. The Balaban J connectivity index is 1.89. The Bertz CT molecular complexity index is 1270. The first-order chi connectivity index (χ1) is 15.9. The zero-order valence-electron chi connectivity index (χ0n) is 17.5. The van der Waals surface area contributed by atoms with Crippen molar-refractivity contribution >= 4 is 23.1 Å². The smallest absolute Gasteiger partial charge is 0.295 e. The van der Waals surface area contributed by atoms with Crippen LogP contribution < -0.4 is 4.74 Å². The van der Waals surface area contributed by atoms with E-state index in [-0.39, 0.29) is 23.4 Å². The molecular weight excluding hydrogens is 426 g/mol. The lowest BCUT2D eigenvalue weighted by Crippen LogP contribution is -2.29. The van der Waals surface area contributed by atoms with Crippen LogP contribution in [-0.4, -0.2) is 38.7 Å². The molecule has 1 aromatic heterocycles. The van der Waals surface area contributed by atoms with Crippen molar-refractivity contribution in [3.05, 3.63) is 105 Å². The number of carbonyl (C=O) groups excluding carboxylic acids is 2. The van der Waals surface area contributed by atoms with Crippen molar-refractivity contribution in [2.75, 3.05) is 7.11 Å². The van der Waals surface area contributed by atoms with E-state index in [2.05, 4.69) is 4.98 Å². The molecule has 2 heterocycles. The number of Topliss-reactive ketones (excluding diaryl/α,β-unsaturated/α-hetero) is 1. The van der Waals surface area contributed by atoms with Gasteiger partial charge in [0.1, 0.15) is 11.5 Å². The number of likely N-dealkylation sites (tertiary alicyclic amines) is 1. The van der Waals surface area contributed by atoms with Gasteiger partial charge in [-0.25, -0.2) is 0 Å². The molecule has 0 radical (unpaired) electrons. The first-order valence-corrected chi connectivity index (χ1v) is 9.97. The highest BCUT2D eigenvalue weighted by Crippen LogP contribution is 2.41. The average Bonchev–Trinajstić information content (AvgIpc) is 3.09. The number of nitrogens with zero attached hydrogens (tertiary/aromatic N) is 3. The summed E-state index contributed by atoms with van der Waals surface area (Å²) in [6.07, 6.45) is 3.18. The second kappa shape index (κ2) is 8.91. The second-order valence-corrected chi connectivity index (χ2v) is 7.37. The van der Waals surface area contributed by atoms with Gasteiger partial charge in [0.2, 0.25) is 0 Å². The number of rotatable bonds is 6. The largest absolute Gasteiger partial charge is 0.507 e. The quantitative estimate of drug-likeness (QED) is 0.202. The van der Waals surface area contributed by atoms with E-state index in [1.807, 2.05) is 0 Å². The maximum absolute atomic E-state index is 13.1. The lowest BCUT2D eigenvalue weighted by Gasteiger charge is -2.25. The van der Waals surface area contributed by atoms with Crippen molar-refractivity contribution in [2.45, 2.75) is 12.6 Å². The molecule has 2 aromatic carbocycles. The number of methoxy groups -OCH3 is 1. The summed E-state index contributed by atoms with van der Waals surface area (Å²) in [7, 11) is 1.49. The summed E-state index contributed by atoms with van der Waals surface area (Å²) in [4.78, 5) is 42.1. The van der Waals surface area contributed by atoms with Crippen LogP contribution in [0.1, 0.15) is 22.7 Å². The topological polar surface area (TPSA) is 123 Å². The van der Waals surface area contributed by atoms with E-state index in [4.69, 9.17) is 4.74 Å². The number of pyridine rings is 1. The zero-order valence-corrected chi connectivity index (χ0v) is 17.5. The molecule has 1 aliphatic heterocycles. The highest BCUT2D eigenvalue weighted by atomic mass is 16.6. The molecule has 0 spiro atoms. The van der Waals surface area contributed by atoms with Gasteiger partial charge in [-0.1, -0.05) is 30.3 Å². The summed E-state index contributed by atoms with van der Waals surface area (Å²) < 4.78 is 5.29. The van der Waals surface area contributed by atoms with Crippen LogP contribution in [0.25, 0.3) is 5.76 Å². The number of ether oxygens (including phenoxy) is 1. The van der Waals surface area contributed by atoms with E-state index in [0.29, 0.717) is 16.9 Å². The average molecular weight is 445 g/mol. The van der Waals surface area contributed by atoms with Crippen LogP contribution in [-0.2, 0) is 16.1 Å². The maximum atomic E-state index is 13.1. The minimum Gasteiger partial charge on any atom is -0.507 e. The van der Waals surface area contributed by atoms with Crippen molar-refractivity contribution in [3.8, 4) is 5.75 Å². The third-order valence-electron chi connectivity index (χ3n) is 5.36. The van der Waals surface area contributed by atoms with Crippen LogP contribution in [0.4, 0.5) is 5.69 Å². The summed E-state index contributed by atoms with van der Waals surface area (Å²) >= 11 is 0. The van der Waals surface area contributed by atoms with Gasteiger partial charge in [-0.05, 0) is 29.3 Å². The lowest BCUT2D eigenvalue weighted by molar-refractivity contribution is -0.384. The first kappa shape index (κ1) is 21.7. The number of non-ortho nitro benzene ring substituents is 1. The monoisotopic (exact) mass is 445 g/mol. The highest BCUT2D eigenvalue weighted by Gasteiger charge is 2.46. The molecule has 4 rings (SSSR count). The molecule has 1 saturated heterocycles. The molecule has 1 amide bonds. The Kier molecular flexibility index (Phi) is 5.86. The molecule has 1 fully saturated rings. The van der Waals surface area contributed by atoms with E-state index in [1.165, 1.54) is 30.2 Å². The fourth-order valence-corrected chi connectivity index (χ4v) is 3.81. The van der Waals surface area contributed by atoms with E-state index >= 15 is 0 Å². The number of aliphatic hydroxyl groups excluding tert-OH is 1. The van der Waals surface area contributed by atoms with Gasteiger partial charge < -0.3 is 14.7 Å². The van der Waals surface area contributed by atoms with Crippen LogP contribution in [0.5, 0.6) is 5.75 Å². The predicted octanol–water partition coefficient (Wildman–Crippen LogP) is 3.62. The number of carbonyl (C=O) groups is 2. The van der Waals surface area contributed by atoms with Crippen LogP contribution in [0.15, 0.2) is 78.6 Å². The van der Waals surface area contributed by atoms with Gasteiger partial charge in [0.15, 0.2) is 0 Å². The zero-order chi connectivity index (χ0) is 23.5. The molecule has 166 valence electrons. The van der Waals surface area contributed by atoms with Gasteiger partial charge in [0.25, 0.3) is 17.4 Å². The van der Waals surface area contributed by atoms with Gasteiger partial charge in [0, 0.05) is 36.6 Å².